The van der Waals surface area contributed by atoms with Gasteiger partial charge in [0.1, 0.15) is 6.29 Å². The van der Waals surface area contributed by atoms with E-state index < -0.39 is 0 Å². The van der Waals surface area contributed by atoms with Gasteiger partial charge in [0.25, 0.3) is 0 Å². The first-order chi connectivity index (χ1) is 6.24. The summed E-state index contributed by atoms with van der Waals surface area (Å²) in [5, 5.41) is 0. The van der Waals surface area contributed by atoms with Gasteiger partial charge >= 0.3 is 0 Å². The minimum atomic E-state index is 0. The zero-order chi connectivity index (χ0) is 9.68. The molecule has 0 spiro atoms. The van der Waals surface area contributed by atoms with E-state index in [4.69, 9.17) is 0 Å². The van der Waals surface area contributed by atoms with E-state index in [-0.39, 0.29) is 12.4 Å². The molecule has 0 aliphatic heterocycles. The highest BCUT2D eigenvalue weighted by molar-refractivity contribution is 5.85. The second-order valence-electron chi connectivity index (χ2n) is 2.98. The molecule has 0 bridgehead atoms. The van der Waals surface area contributed by atoms with E-state index in [0.717, 1.165) is 17.5 Å². The van der Waals surface area contributed by atoms with Crippen LogP contribution in [0.25, 0.3) is 6.08 Å². The maximum absolute atomic E-state index is 10.1. The summed E-state index contributed by atoms with van der Waals surface area (Å²) >= 11 is 0. The lowest BCUT2D eigenvalue weighted by atomic mass is 10.2. The average Bonchev–Trinajstić information content (AvgIpc) is 2.15. The van der Waals surface area contributed by atoms with E-state index >= 15 is 0 Å². The molecule has 0 heterocycles. The average molecular weight is 212 g/mol. The zero-order valence-electron chi connectivity index (χ0n) is 8.31. The van der Waals surface area contributed by atoms with Gasteiger partial charge < -0.3 is 4.90 Å². The van der Waals surface area contributed by atoms with Crippen molar-refractivity contribution in [1.29, 1.82) is 0 Å². The molecule has 1 aromatic rings. The predicted octanol–water partition coefficient (Wildman–Crippen LogP) is 2.39. The number of hydrogen-bond donors (Lipinski definition) is 0. The highest BCUT2D eigenvalue weighted by Gasteiger charge is 1.92. The van der Waals surface area contributed by atoms with Gasteiger partial charge in [0, 0.05) is 19.8 Å². The number of carbonyl (C=O) groups excluding carboxylic acids is 1. The Balaban J connectivity index is 0.00000169. The molecule has 0 aliphatic rings. The largest absolute Gasteiger partial charge is 0.378 e. The van der Waals surface area contributed by atoms with E-state index in [0.29, 0.717) is 0 Å². The van der Waals surface area contributed by atoms with Crippen LogP contribution in [-0.2, 0) is 4.79 Å². The highest BCUT2D eigenvalue weighted by atomic mass is 35.5. The zero-order valence-corrected chi connectivity index (χ0v) is 9.12. The van der Waals surface area contributed by atoms with Crippen molar-refractivity contribution in [2.45, 2.75) is 0 Å². The van der Waals surface area contributed by atoms with Gasteiger partial charge in [-0.05, 0) is 23.8 Å². The van der Waals surface area contributed by atoms with Crippen LogP contribution in [0.2, 0.25) is 0 Å². The van der Waals surface area contributed by atoms with Crippen molar-refractivity contribution in [3.8, 4) is 0 Å². The Labute approximate surface area is 90.6 Å². The third-order valence-corrected chi connectivity index (χ3v) is 1.78. The molecule has 0 saturated heterocycles. The number of anilines is 1. The molecule has 2 nitrogen and oxygen atoms in total. The number of hydrogen-bond acceptors (Lipinski definition) is 2. The highest BCUT2D eigenvalue weighted by Crippen LogP contribution is 2.12. The summed E-state index contributed by atoms with van der Waals surface area (Å²) in [6.07, 6.45) is 4.05. The molecular formula is C11H14ClNO. The van der Waals surface area contributed by atoms with Gasteiger partial charge in [-0.25, -0.2) is 0 Å². The number of nitrogens with zero attached hydrogens (tertiary/aromatic N) is 1. The van der Waals surface area contributed by atoms with Gasteiger partial charge in [-0.15, -0.1) is 12.4 Å². The summed E-state index contributed by atoms with van der Waals surface area (Å²) < 4.78 is 0. The van der Waals surface area contributed by atoms with Gasteiger partial charge in [-0.1, -0.05) is 18.2 Å². The number of aldehydes is 1. The van der Waals surface area contributed by atoms with E-state index in [1.54, 1.807) is 6.08 Å². The fourth-order valence-corrected chi connectivity index (χ4v) is 1.03. The van der Waals surface area contributed by atoms with Gasteiger partial charge in [-0.2, -0.15) is 0 Å². The Bertz CT molecular complexity index is 304. The van der Waals surface area contributed by atoms with Gasteiger partial charge in [-0.3, -0.25) is 4.79 Å². The fourth-order valence-electron chi connectivity index (χ4n) is 1.03. The number of benzene rings is 1. The Morgan fingerprint density at radius 2 is 1.71 bits per heavy atom. The SMILES string of the molecule is CN(C)c1ccc(C=CC=O)cc1.Cl. The Kier molecular flexibility index (Phi) is 5.65. The normalized spacial score (nSPS) is 9.57. The molecule has 0 aromatic heterocycles. The first kappa shape index (κ1) is 12.7. The lowest BCUT2D eigenvalue weighted by Crippen LogP contribution is -2.07. The van der Waals surface area contributed by atoms with Crippen LogP contribution in [0.1, 0.15) is 5.56 Å². The maximum atomic E-state index is 10.1. The van der Waals surface area contributed by atoms with Crippen molar-refractivity contribution in [3.63, 3.8) is 0 Å². The van der Waals surface area contributed by atoms with Gasteiger partial charge in [0.05, 0.1) is 0 Å². The molecule has 3 heteroatoms. The van der Waals surface area contributed by atoms with Crippen LogP contribution >= 0.6 is 12.4 Å². The molecule has 0 aliphatic carbocycles. The molecule has 76 valence electrons. The van der Waals surface area contributed by atoms with Crippen LogP contribution in [0.4, 0.5) is 5.69 Å². The lowest BCUT2D eigenvalue weighted by Gasteiger charge is -2.11. The van der Waals surface area contributed by atoms with E-state index in [1.807, 2.05) is 43.3 Å². The number of carbonyl (C=O) groups is 1. The summed E-state index contributed by atoms with van der Waals surface area (Å²) in [5.74, 6) is 0. The molecule has 1 aromatic carbocycles. The van der Waals surface area contributed by atoms with Gasteiger partial charge in [0.2, 0.25) is 0 Å². The number of allylic oxidation sites excluding steroid dienone is 1. The molecule has 0 amide bonds. The van der Waals surface area contributed by atoms with Crippen molar-refractivity contribution >= 4 is 30.5 Å². The molecule has 14 heavy (non-hydrogen) atoms. The van der Waals surface area contributed by atoms with E-state index in [1.165, 1.54) is 6.08 Å². The summed E-state index contributed by atoms with van der Waals surface area (Å²) in [5.41, 5.74) is 2.20. The minimum Gasteiger partial charge on any atom is -0.378 e. The third-order valence-electron chi connectivity index (χ3n) is 1.78. The summed E-state index contributed by atoms with van der Waals surface area (Å²) in [4.78, 5) is 12.1. The van der Waals surface area contributed by atoms with Crippen LogP contribution < -0.4 is 4.90 Å². The second-order valence-corrected chi connectivity index (χ2v) is 2.98. The van der Waals surface area contributed by atoms with Crippen molar-refractivity contribution in [1.82, 2.24) is 0 Å². The summed E-state index contributed by atoms with van der Waals surface area (Å²) in [6.45, 7) is 0. The van der Waals surface area contributed by atoms with Crippen LogP contribution in [0, 0.1) is 0 Å². The minimum absolute atomic E-state index is 0. The second kappa shape index (κ2) is 6.22. The molecule has 0 unspecified atom stereocenters. The monoisotopic (exact) mass is 211 g/mol. The molecule has 1 rings (SSSR count). The topological polar surface area (TPSA) is 20.3 Å². The first-order valence-electron chi connectivity index (χ1n) is 4.13. The number of halogens is 1. The maximum Gasteiger partial charge on any atom is 0.142 e. The Morgan fingerprint density at radius 3 is 2.14 bits per heavy atom. The molecule has 0 fully saturated rings. The lowest BCUT2D eigenvalue weighted by molar-refractivity contribution is -0.104. The van der Waals surface area contributed by atoms with Crippen LogP contribution in [0.5, 0.6) is 0 Å². The van der Waals surface area contributed by atoms with E-state index in [2.05, 4.69) is 0 Å². The third kappa shape index (κ3) is 3.62. The Hall–Kier alpha value is -1.28. The molecule has 0 N–H and O–H groups in total. The first-order valence-corrected chi connectivity index (χ1v) is 4.13. The smallest absolute Gasteiger partial charge is 0.142 e. The molecule has 0 radical (unpaired) electrons. The van der Waals surface area contributed by atoms with Crippen molar-refractivity contribution < 1.29 is 4.79 Å². The van der Waals surface area contributed by atoms with E-state index in [9.17, 15) is 4.79 Å². The van der Waals surface area contributed by atoms with Crippen LogP contribution in [0.15, 0.2) is 30.3 Å². The van der Waals surface area contributed by atoms with Crippen molar-refractivity contribution in [2.75, 3.05) is 19.0 Å². The van der Waals surface area contributed by atoms with Gasteiger partial charge in [0.15, 0.2) is 0 Å². The summed E-state index contributed by atoms with van der Waals surface area (Å²) in [7, 11) is 3.99. The Morgan fingerprint density at radius 1 is 1.14 bits per heavy atom. The molecule has 0 saturated carbocycles. The van der Waals surface area contributed by atoms with Crippen LogP contribution in [0.3, 0.4) is 0 Å². The number of rotatable bonds is 3. The standard InChI is InChI=1S/C11H13NO.ClH/c1-12(2)11-7-5-10(6-8-11)4-3-9-13;/h3-9H,1-2H3;1H. The fraction of sp³-hybridized carbons (Fsp3) is 0.182. The quantitative estimate of drug-likeness (QED) is 0.565. The van der Waals surface area contributed by atoms with Crippen LogP contribution in [-0.4, -0.2) is 20.4 Å². The summed E-state index contributed by atoms with van der Waals surface area (Å²) in [6, 6.07) is 8.00. The van der Waals surface area contributed by atoms with Crippen molar-refractivity contribution in [2.24, 2.45) is 0 Å². The predicted molar refractivity (Wildman–Crippen MR) is 63.1 cm³/mol. The molecular weight excluding hydrogens is 198 g/mol. The molecule has 0 atom stereocenters. The van der Waals surface area contributed by atoms with Crippen molar-refractivity contribution in [3.05, 3.63) is 35.9 Å².